The minimum Gasteiger partial charge on any atom is -0.372 e. The van der Waals surface area contributed by atoms with E-state index in [0.29, 0.717) is 6.04 Å². The lowest BCUT2D eigenvalue weighted by atomic mass is 10.1. The van der Waals surface area contributed by atoms with Gasteiger partial charge in [-0.15, -0.1) is 0 Å². The standard InChI is InChI=1S/C10H13N3S2/c1-7-9(6-11)10(15-13-7)12-8-2-4-14-5-3-8/h8,12H,2-5H2,1H3. The fourth-order valence-corrected chi connectivity index (χ4v) is 3.56. The van der Waals surface area contributed by atoms with Gasteiger partial charge in [0.1, 0.15) is 16.6 Å². The van der Waals surface area contributed by atoms with Crippen LogP contribution in [0, 0.1) is 18.3 Å². The fraction of sp³-hybridized carbons (Fsp3) is 0.600. The molecule has 1 fully saturated rings. The first-order valence-electron chi connectivity index (χ1n) is 5.02. The van der Waals surface area contributed by atoms with Crippen molar-refractivity contribution in [1.29, 1.82) is 5.26 Å². The first-order valence-corrected chi connectivity index (χ1v) is 6.94. The van der Waals surface area contributed by atoms with Gasteiger partial charge in [-0.2, -0.15) is 21.4 Å². The maximum Gasteiger partial charge on any atom is 0.127 e. The molecule has 80 valence electrons. The molecule has 0 bridgehead atoms. The van der Waals surface area contributed by atoms with Crippen molar-refractivity contribution in [3.05, 3.63) is 11.3 Å². The molecule has 0 unspecified atom stereocenters. The number of hydrogen-bond donors (Lipinski definition) is 1. The van der Waals surface area contributed by atoms with Crippen molar-refractivity contribution in [2.75, 3.05) is 16.8 Å². The predicted molar refractivity (Wildman–Crippen MR) is 65.5 cm³/mol. The second kappa shape index (κ2) is 4.86. The number of nitrogens with one attached hydrogen (secondary N) is 1. The Morgan fingerprint density at radius 2 is 2.20 bits per heavy atom. The van der Waals surface area contributed by atoms with Gasteiger partial charge in [-0.25, -0.2) is 0 Å². The van der Waals surface area contributed by atoms with Crippen molar-refractivity contribution < 1.29 is 0 Å². The molecule has 1 aromatic heterocycles. The Labute approximate surface area is 98.0 Å². The normalized spacial score (nSPS) is 17.3. The highest BCUT2D eigenvalue weighted by Gasteiger charge is 2.17. The molecular formula is C10H13N3S2. The summed E-state index contributed by atoms with van der Waals surface area (Å²) in [5, 5.41) is 13.4. The second-order valence-electron chi connectivity index (χ2n) is 3.61. The lowest BCUT2D eigenvalue weighted by Crippen LogP contribution is -2.24. The van der Waals surface area contributed by atoms with E-state index in [2.05, 4.69) is 15.8 Å². The van der Waals surface area contributed by atoms with E-state index in [1.54, 1.807) is 0 Å². The van der Waals surface area contributed by atoms with Gasteiger partial charge in [-0.3, -0.25) is 0 Å². The summed E-state index contributed by atoms with van der Waals surface area (Å²) in [6, 6.07) is 2.74. The number of anilines is 1. The van der Waals surface area contributed by atoms with E-state index in [4.69, 9.17) is 5.26 Å². The van der Waals surface area contributed by atoms with E-state index in [0.717, 1.165) is 16.3 Å². The van der Waals surface area contributed by atoms with Crippen LogP contribution in [0.25, 0.3) is 0 Å². The van der Waals surface area contributed by atoms with Crippen LogP contribution in [0.3, 0.4) is 0 Å². The van der Waals surface area contributed by atoms with Gasteiger partial charge in [0.15, 0.2) is 0 Å². The molecule has 0 atom stereocenters. The average molecular weight is 239 g/mol. The molecule has 1 aromatic rings. The summed E-state index contributed by atoms with van der Waals surface area (Å²) in [4.78, 5) is 0. The third-order valence-corrected chi connectivity index (χ3v) is 4.45. The van der Waals surface area contributed by atoms with Gasteiger partial charge in [0, 0.05) is 6.04 Å². The molecule has 0 spiro atoms. The summed E-state index contributed by atoms with van der Waals surface area (Å²) in [7, 11) is 0. The average Bonchev–Trinajstić information content (AvgIpc) is 2.61. The summed E-state index contributed by atoms with van der Waals surface area (Å²) in [5.41, 5.74) is 1.56. The van der Waals surface area contributed by atoms with Gasteiger partial charge >= 0.3 is 0 Å². The maximum atomic E-state index is 8.99. The zero-order chi connectivity index (χ0) is 10.7. The summed E-state index contributed by atoms with van der Waals surface area (Å²) in [6.07, 6.45) is 2.37. The number of rotatable bonds is 2. The number of thioether (sulfide) groups is 1. The van der Waals surface area contributed by atoms with E-state index >= 15 is 0 Å². The Hall–Kier alpha value is -0.730. The van der Waals surface area contributed by atoms with Crippen molar-refractivity contribution in [1.82, 2.24) is 4.37 Å². The van der Waals surface area contributed by atoms with E-state index < -0.39 is 0 Å². The predicted octanol–water partition coefficient (Wildman–Crippen LogP) is 2.63. The van der Waals surface area contributed by atoms with Crippen LogP contribution < -0.4 is 5.32 Å². The minimum atomic E-state index is 0.526. The minimum absolute atomic E-state index is 0.526. The van der Waals surface area contributed by atoms with E-state index in [1.807, 2.05) is 18.7 Å². The maximum absolute atomic E-state index is 8.99. The Bertz CT molecular complexity index is 375. The van der Waals surface area contributed by atoms with Crippen LogP contribution in [0.5, 0.6) is 0 Å². The zero-order valence-electron chi connectivity index (χ0n) is 8.62. The van der Waals surface area contributed by atoms with Crippen molar-refractivity contribution in [2.24, 2.45) is 0 Å². The molecule has 5 heteroatoms. The molecule has 1 aliphatic heterocycles. The Morgan fingerprint density at radius 3 is 2.87 bits per heavy atom. The van der Waals surface area contributed by atoms with Crippen LogP contribution in [0.2, 0.25) is 0 Å². The largest absolute Gasteiger partial charge is 0.372 e. The molecule has 1 saturated heterocycles. The van der Waals surface area contributed by atoms with Gasteiger partial charge in [0.2, 0.25) is 0 Å². The molecule has 3 nitrogen and oxygen atoms in total. The third kappa shape index (κ3) is 2.44. The highest BCUT2D eigenvalue weighted by molar-refractivity contribution is 7.99. The van der Waals surface area contributed by atoms with Crippen LogP contribution in [0.15, 0.2) is 0 Å². The first kappa shape index (κ1) is 10.8. The first-order chi connectivity index (χ1) is 7.31. The summed E-state index contributed by atoms with van der Waals surface area (Å²) < 4.78 is 4.20. The third-order valence-electron chi connectivity index (χ3n) is 2.53. The molecule has 15 heavy (non-hydrogen) atoms. The van der Waals surface area contributed by atoms with Crippen LogP contribution in [-0.4, -0.2) is 21.9 Å². The smallest absolute Gasteiger partial charge is 0.127 e. The molecule has 1 aliphatic rings. The lowest BCUT2D eigenvalue weighted by molar-refractivity contribution is 0.668. The van der Waals surface area contributed by atoms with Crippen LogP contribution in [0.4, 0.5) is 5.00 Å². The quantitative estimate of drug-likeness (QED) is 0.862. The number of nitrogens with zero attached hydrogens (tertiary/aromatic N) is 2. The number of aryl methyl sites for hydroxylation is 1. The molecule has 0 aromatic carbocycles. The Kier molecular flexibility index (Phi) is 3.49. The number of hydrogen-bond acceptors (Lipinski definition) is 5. The molecular weight excluding hydrogens is 226 g/mol. The zero-order valence-corrected chi connectivity index (χ0v) is 10.2. The van der Waals surface area contributed by atoms with Crippen molar-refractivity contribution in [3.8, 4) is 6.07 Å². The van der Waals surface area contributed by atoms with Gasteiger partial charge < -0.3 is 5.32 Å². The highest BCUT2D eigenvalue weighted by Crippen LogP contribution is 2.27. The molecule has 0 radical (unpaired) electrons. The van der Waals surface area contributed by atoms with Gasteiger partial charge in [0.05, 0.1) is 5.69 Å². The summed E-state index contributed by atoms with van der Waals surface area (Å²) in [5.74, 6) is 2.44. The topological polar surface area (TPSA) is 48.7 Å². The van der Waals surface area contributed by atoms with Gasteiger partial charge in [-0.05, 0) is 42.8 Å². The van der Waals surface area contributed by atoms with E-state index in [1.165, 1.54) is 35.9 Å². The SMILES string of the molecule is Cc1nsc(NC2CCSCC2)c1C#N. The molecule has 0 saturated carbocycles. The highest BCUT2D eigenvalue weighted by atomic mass is 32.2. The van der Waals surface area contributed by atoms with Crippen LogP contribution in [0.1, 0.15) is 24.1 Å². The molecule has 0 aliphatic carbocycles. The Balaban J connectivity index is 2.06. The number of aromatic nitrogens is 1. The second-order valence-corrected chi connectivity index (χ2v) is 5.61. The summed E-state index contributed by atoms with van der Waals surface area (Å²) >= 11 is 3.41. The molecule has 0 amide bonds. The van der Waals surface area contributed by atoms with Crippen molar-refractivity contribution in [3.63, 3.8) is 0 Å². The van der Waals surface area contributed by atoms with Gasteiger partial charge in [-0.1, -0.05) is 0 Å². The molecule has 2 rings (SSSR count). The van der Waals surface area contributed by atoms with Crippen LogP contribution >= 0.6 is 23.3 Å². The van der Waals surface area contributed by atoms with Crippen molar-refractivity contribution in [2.45, 2.75) is 25.8 Å². The molecule has 1 N–H and O–H groups in total. The summed E-state index contributed by atoms with van der Waals surface area (Å²) in [6.45, 7) is 1.89. The number of nitriles is 1. The molecule has 2 heterocycles. The van der Waals surface area contributed by atoms with E-state index in [-0.39, 0.29) is 0 Å². The van der Waals surface area contributed by atoms with E-state index in [9.17, 15) is 0 Å². The fourth-order valence-electron chi connectivity index (χ4n) is 1.63. The Morgan fingerprint density at radius 1 is 1.47 bits per heavy atom. The van der Waals surface area contributed by atoms with Gasteiger partial charge in [0.25, 0.3) is 0 Å². The lowest BCUT2D eigenvalue weighted by Gasteiger charge is -2.22. The van der Waals surface area contributed by atoms with Crippen LogP contribution in [-0.2, 0) is 0 Å². The van der Waals surface area contributed by atoms with Crippen molar-refractivity contribution >= 4 is 28.3 Å². The monoisotopic (exact) mass is 239 g/mol.